The molecular formula is C30H29FN4O3S. The molecule has 39 heavy (non-hydrogen) atoms. The van der Waals surface area contributed by atoms with Crippen LogP contribution in [0.1, 0.15) is 52.3 Å². The van der Waals surface area contributed by atoms with Gasteiger partial charge in [-0.25, -0.2) is 17.5 Å². The van der Waals surface area contributed by atoms with Crippen molar-refractivity contribution >= 4 is 15.6 Å². The largest absolute Gasteiger partial charge is 0.292 e. The van der Waals surface area contributed by atoms with Crippen LogP contribution in [0.4, 0.5) is 4.39 Å². The van der Waals surface area contributed by atoms with E-state index in [1.165, 1.54) is 12.1 Å². The number of nitrogens with zero attached hydrogens (tertiary/aromatic N) is 4. The first-order chi connectivity index (χ1) is 18.7. The van der Waals surface area contributed by atoms with Gasteiger partial charge in [-0.1, -0.05) is 17.3 Å². The molecule has 1 unspecified atom stereocenters. The summed E-state index contributed by atoms with van der Waals surface area (Å²) >= 11 is 0. The first kappa shape index (κ1) is 25.6. The Bertz CT molecular complexity index is 1680. The summed E-state index contributed by atoms with van der Waals surface area (Å²) in [5.41, 5.74) is 3.41. The second-order valence-electron chi connectivity index (χ2n) is 10.9. The Morgan fingerprint density at radius 1 is 1.03 bits per heavy atom. The summed E-state index contributed by atoms with van der Waals surface area (Å²) in [6.07, 6.45) is 3.66. The fourth-order valence-corrected chi connectivity index (χ4v) is 8.34. The van der Waals surface area contributed by atoms with Crippen LogP contribution in [-0.2, 0) is 22.7 Å². The number of pyridine rings is 1. The number of fused-ring (bicyclic) bond motifs is 2. The first-order valence-electron chi connectivity index (χ1n) is 13.1. The highest BCUT2D eigenvalue weighted by Gasteiger charge is 2.55. The van der Waals surface area contributed by atoms with Gasteiger partial charge in [0.05, 0.1) is 27.2 Å². The number of halogens is 1. The number of carbonyl (C=O) groups is 1. The van der Waals surface area contributed by atoms with Gasteiger partial charge in [-0.3, -0.25) is 9.78 Å². The number of benzene rings is 2. The molecule has 2 aromatic carbocycles. The smallest absolute Gasteiger partial charge is 0.188 e. The predicted molar refractivity (Wildman–Crippen MR) is 144 cm³/mol. The van der Waals surface area contributed by atoms with Crippen LogP contribution in [0.5, 0.6) is 0 Å². The maximum Gasteiger partial charge on any atom is 0.188 e. The molecule has 0 aliphatic heterocycles. The van der Waals surface area contributed by atoms with Gasteiger partial charge in [0.15, 0.2) is 15.6 Å². The molecule has 1 fully saturated rings. The molecule has 0 N–H and O–H groups in total. The summed E-state index contributed by atoms with van der Waals surface area (Å²) in [6.45, 7) is 3.78. The molecule has 2 aliphatic carbocycles. The highest BCUT2D eigenvalue weighted by atomic mass is 32.2. The van der Waals surface area contributed by atoms with Gasteiger partial charge < -0.3 is 0 Å². The van der Waals surface area contributed by atoms with E-state index in [0.717, 1.165) is 16.8 Å². The van der Waals surface area contributed by atoms with Crippen molar-refractivity contribution in [2.24, 2.45) is 11.3 Å². The summed E-state index contributed by atoms with van der Waals surface area (Å²) in [5, 5.41) is 8.10. The van der Waals surface area contributed by atoms with Gasteiger partial charge in [0, 0.05) is 18.0 Å². The number of aryl methyl sites for hydroxylation is 2. The van der Waals surface area contributed by atoms with E-state index < -0.39 is 20.5 Å². The van der Waals surface area contributed by atoms with Gasteiger partial charge in [-0.05, 0) is 105 Å². The number of rotatable bonds is 5. The van der Waals surface area contributed by atoms with Crippen molar-refractivity contribution < 1.29 is 17.6 Å². The molecule has 0 bridgehead atoms. The third-order valence-corrected chi connectivity index (χ3v) is 10.6. The maximum atomic E-state index is 14.3. The Balaban J connectivity index is 1.44. The summed E-state index contributed by atoms with van der Waals surface area (Å²) in [6, 6.07) is 16.6. The summed E-state index contributed by atoms with van der Waals surface area (Å²) in [7, 11) is -3.67. The van der Waals surface area contributed by atoms with Crippen LogP contribution in [0.15, 0.2) is 71.8 Å². The zero-order valence-electron chi connectivity index (χ0n) is 21.8. The van der Waals surface area contributed by atoms with Crippen molar-refractivity contribution in [3.63, 3.8) is 0 Å². The number of aromatic nitrogens is 4. The molecule has 4 aromatic rings. The van der Waals surface area contributed by atoms with E-state index in [2.05, 4.69) is 15.3 Å². The minimum atomic E-state index is -3.67. The lowest BCUT2D eigenvalue weighted by Gasteiger charge is -2.47. The van der Waals surface area contributed by atoms with Crippen LogP contribution in [0.2, 0.25) is 0 Å². The van der Waals surface area contributed by atoms with Crippen molar-refractivity contribution in [1.29, 1.82) is 0 Å². The normalized spacial score (nSPS) is 22.6. The topological polar surface area (TPSA) is 94.8 Å². The lowest BCUT2D eigenvalue weighted by atomic mass is 9.57. The highest BCUT2D eigenvalue weighted by Crippen LogP contribution is 2.52. The second kappa shape index (κ2) is 9.48. The van der Waals surface area contributed by atoms with Crippen LogP contribution in [0.3, 0.4) is 0 Å². The summed E-state index contributed by atoms with van der Waals surface area (Å²) < 4.78 is 43.0. The molecule has 2 aliphatic rings. The highest BCUT2D eigenvalue weighted by molar-refractivity contribution is 7.92. The molecule has 3 atom stereocenters. The zero-order chi connectivity index (χ0) is 27.4. The fourth-order valence-electron chi connectivity index (χ4n) is 6.37. The molecular weight excluding hydrogens is 515 g/mol. The van der Waals surface area contributed by atoms with E-state index in [9.17, 15) is 17.6 Å². The number of carbonyl (C=O) groups excluding carboxylic acids is 1. The van der Waals surface area contributed by atoms with Crippen molar-refractivity contribution in [2.75, 3.05) is 0 Å². The number of sulfone groups is 1. The molecule has 0 radical (unpaired) electrons. The van der Waals surface area contributed by atoms with Gasteiger partial charge in [-0.15, -0.1) is 5.10 Å². The Labute approximate surface area is 227 Å². The molecule has 6 rings (SSSR count). The molecule has 2 heterocycles. The predicted octanol–water partition coefficient (Wildman–Crippen LogP) is 5.03. The number of hydrogen-bond donors (Lipinski definition) is 0. The molecule has 0 amide bonds. The minimum Gasteiger partial charge on any atom is -0.292 e. The zero-order valence-corrected chi connectivity index (χ0v) is 22.7. The van der Waals surface area contributed by atoms with Crippen molar-refractivity contribution in [1.82, 2.24) is 20.0 Å². The second-order valence-corrected chi connectivity index (χ2v) is 13.1. The van der Waals surface area contributed by atoms with E-state index in [1.54, 1.807) is 47.3 Å². The molecule has 0 saturated heterocycles. The number of ketones is 1. The summed E-state index contributed by atoms with van der Waals surface area (Å²) in [5.74, 6) is -0.583. The van der Waals surface area contributed by atoms with Gasteiger partial charge >= 0.3 is 0 Å². The van der Waals surface area contributed by atoms with E-state index in [0.29, 0.717) is 41.2 Å². The van der Waals surface area contributed by atoms with E-state index >= 15 is 0 Å². The van der Waals surface area contributed by atoms with Crippen molar-refractivity contribution in [3.05, 3.63) is 101 Å². The average Bonchev–Trinajstić information content (AvgIpc) is 3.33. The third-order valence-electron chi connectivity index (χ3n) is 8.41. The van der Waals surface area contributed by atoms with E-state index in [-0.39, 0.29) is 30.4 Å². The number of hydrogen-bond acceptors (Lipinski definition) is 6. The molecule has 7 nitrogen and oxygen atoms in total. The fraction of sp³-hybridized carbons (Fsp3) is 0.333. The quantitative estimate of drug-likeness (QED) is 0.327. The number of Topliss-reactive ketones (excluding diaryl/α,β-unsaturated/α-hetero) is 1. The van der Waals surface area contributed by atoms with Gasteiger partial charge in [0.2, 0.25) is 0 Å². The Morgan fingerprint density at radius 2 is 1.79 bits per heavy atom. The van der Waals surface area contributed by atoms with Gasteiger partial charge in [0.1, 0.15) is 11.5 Å². The van der Waals surface area contributed by atoms with Crippen molar-refractivity contribution in [2.45, 2.75) is 56.1 Å². The standard InChI is InChI=1S/C30H29FN4O3S/c1-19-4-3-5-24(14-19)39(37,38)25-11-6-21-16-28-27(33-34-35(28)23-9-7-22(31)8-10-23)18-30(21,17-25)29(36)26-15-20(2)12-13-32-26/h3-5,7-10,12-15,21,25H,6,11,16-18H2,1-2H3/t21?,25-,30+/m0/s1. The van der Waals surface area contributed by atoms with Crippen LogP contribution < -0.4 is 0 Å². The Hall–Kier alpha value is -3.72. The molecule has 9 heteroatoms. The Kier molecular flexibility index (Phi) is 6.21. The van der Waals surface area contributed by atoms with Crippen LogP contribution in [0, 0.1) is 31.0 Å². The van der Waals surface area contributed by atoms with Crippen molar-refractivity contribution in [3.8, 4) is 5.69 Å². The average molecular weight is 545 g/mol. The Morgan fingerprint density at radius 3 is 2.54 bits per heavy atom. The monoisotopic (exact) mass is 544 g/mol. The molecule has 2 aromatic heterocycles. The van der Waals surface area contributed by atoms with Crippen LogP contribution in [-0.4, -0.2) is 39.4 Å². The lowest BCUT2D eigenvalue weighted by molar-refractivity contribution is 0.0483. The minimum absolute atomic E-state index is 0.110. The molecule has 1 saturated carbocycles. The van der Waals surface area contributed by atoms with E-state index in [4.69, 9.17) is 0 Å². The summed E-state index contributed by atoms with van der Waals surface area (Å²) in [4.78, 5) is 19.0. The third kappa shape index (κ3) is 4.38. The molecule has 200 valence electrons. The first-order valence-corrected chi connectivity index (χ1v) is 14.7. The lowest BCUT2D eigenvalue weighted by Crippen LogP contribution is -2.51. The van der Waals surface area contributed by atoms with Crippen LogP contribution in [0.25, 0.3) is 5.69 Å². The van der Waals surface area contributed by atoms with Crippen LogP contribution >= 0.6 is 0 Å². The van der Waals surface area contributed by atoms with Gasteiger partial charge in [0.25, 0.3) is 0 Å². The SMILES string of the molecule is Cc1cccc(S(=O)(=O)[C@H]2CCC3Cc4c(nnn4-c4ccc(F)cc4)C[C@]3(C(=O)c3cc(C)ccn3)C2)c1. The van der Waals surface area contributed by atoms with Gasteiger partial charge in [-0.2, -0.15) is 0 Å². The van der Waals surface area contributed by atoms with E-state index in [1.807, 2.05) is 26.0 Å². The maximum absolute atomic E-state index is 14.3. The molecule has 0 spiro atoms.